The third-order valence-electron chi connectivity index (χ3n) is 2.40. The van der Waals surface area contributed by atoms with Crippen LogP contribution in [0.2, 0.25) is 0 Å². The summed E-state index contributed by atoms with van der Waals surface area (Å²) in [6, 6.07) is 0. The Balaban J connectivity index is 2.74. The quantitative estimate of drug-likeness (QED) is 0.514. The fourth-order valence-corrected chi connectivity index (χ4v) is 4.06. The highest BCUT2D eigenvalue weighted by atomic mass is 31.2. The van der Waals surface area contributed by atoms with Crippen LogP contribution in [0.4, 0.5) is 0 Å². The normalized spacial score (nSPS) is 20.1. The Morgan fingerprint density at radius 1 is 1.00 bits per heavy atom. The van der Waals surface area contributed by atoms with Crippen molar-refractivity contribution in [3.05, 3.63) is 0 Å². The van der Waals surface area contributed by atoms with Gasteiger partial charge in [-0.05, 0) is 25.9 Å². The Bertz CT molecular complexity index is 281. The fraction of sp³-hybridized carbons (Fsp3) is 1.00. The molecule has 0 amide bonds. The third kappa shape index (κ3) is 3.96. The Morgan fingerprint density at radius 3 is 1.73 bits per heavy atom. The van der Waals surface area contributed by atoms with Crippen LogP contribution in [-0.2, 0) is 9.13 Å². The van der Waals surface area contributed by atoms with Crippen LogP contribution >= 0.6 is 15.2 Å². The second-order valence-electron chi connectivity index (χ2n) is 3.67. The first-order valence-corrected chi connectivity index (χ1v) is 7.90. The summed E-state index contributed by atoms with van der Waals surface area (Å²) in [6.07, 6.45) is 1.80. The molecule has 0 aromatic rings. The van der Waals surface area contributed by atoms with Gasteiger partial charge in [0.15, 0.2) is 5.40 Å². The highest BCUT2D eigenvalue weighted by molar-refractivity contribution is 7.70. The Kier molecular flexibility index (Phi) is 4.12. The largest absolute Gasteiger partial charge is 0.342 e. The molecule has 1 aliphatic rings. The standard InChI is InChI=1S/C6H15NO6P2/c8-14(9,10)6(15(11,12)13)5-7-3-1-2-4-7/h6H,1-5H2,(H2,8,9,10)(H2,11,12,13). The maximum absolute atomic E-state index is 10.9. The van der Waals surface area contributed by atoms with Crippen LogP contribution in [0.15, 0.2) is 0 Å². The average Bonchev–Trinajstić information content (AvgIpc) is 2.46. The highest BCUT2D eigenvalue weighted by Crippen LogP contribution is 2.60. The fourth-order valence-electron chi connectivity index (χ4n) is 1.60. The van der Waals surface area contributed by atoms with Crippen molar-refractivity contribution in [1.82, 2.24) is 4.90 Å². The molecule has 1 rings (SSSR count). The van der Waals surface area contributed by atoms with Crippen molar-refractivity contribution in [3.8, 4) is 0 Å². The number of rotatable bonds is 4. The predicted molar refractivity (Wildman–Crippen MR) is 53.6 cm³/mol. The van der Waals surface area contributed by atoms with Crippen molar-refractivity contribution >= 4 is 15.2 Å². The van der Waals surface area contributed by atoms with Crippen LogP contribution in [0.5, 0.6) is 0 Å². The van der Waals surface area contributed by atoms with E-state index in [0.717, 1.165) is 12.8 Å². The zero-order chi connectivity index (χ0) is 11.7. The van der Waals surface area contributed by atoms with E-state index >= 15 is 0 Å². The molecule has 0 atom stereocenters. The van der Waals surface area contributed by atoms with Gasteiger partial charge in [-0.25, -0.2) is 0 Å². The molecule has 0 saturated carbocycles. The van der Waals surface area contributed by atoms with Gasteiger partial charge in [0, 0.05) is 6.54 Å². The molecule has 0 unspecified atom stereocenters. The van der Waals surface area contributed by atoms with Crippen LogP contribution in [0.25, 0.3) is 0 Å². The van der Waals surface area contributed by atoms with E-state index in [0.29, 0.717) is 13.1 Å². The number of hydrogen-bond donors (Lipinski definition) is 4. The molecule has 1 aliphatic heterocycles. The summed E-state index contributed by atoms with van der Waals surface area (Å²) in [4.78, 5) is 37.1. The maximum atomic E-state index is 10.9. The zero-order valence-electron chi connectivity index (χ0n) is 8.06. The summed E-state index contributed by atoms with van der Waals surface area (Å²) in [5, 5.41) is -1.89. The predicted octanol–water partition coefficient (Wildman–Crippen LogP) is -0.236. The lowest BCUT2D eigenvalue weighted by atomic mass is 10.4. The number of hydrogen-bond acceptors (Lipinski definition) is 3. The topological polar surface area (TPSA) is 118 Å². The molecule has 1 heterocycles. The summed E-state index contributed by atoms with van der Waals surface area (Å²) in [6.45, 7) is 1.03. The molecule has 90 valence electrons. The van der Waals surface area contributed by atoms with Gasteiger partial charge >= 0.3 is 15.2 Å². The summed E-state index contributed by atoms with van der Waals surface area (Å²) in [5.74, 6) is 0. The molecular weight excluding hydrogens is 244 g/mol. The molecule has 1 saturated heterocycles. The second kappa shape index (κ2) is 4.63. The Morgan fingerprint density at radius 2 is 1.40 bits per heavy atom. The molecule has 0 spiro atoms. The van der Waals surface area contributed by atoms with Gasteiger partial charge in [-0.1, -0.05) is 0 Å². The molecule has 0 aromatic carbocycles. The Labute approximate surface area is 87.4 Å². The van der Waals surface area contributed by atoms with Crippen molar-refractivity contribution in [2.75, 3.05) is 19.6 Å². The van der Waals surface area contributed by atoms with E-state index in [1.54, 1.807) is 4.90 Å². The molecule has 4 N–H and O–H groups in total. The van der Waals surface area contributed by atoms with Crippen LogP contribution in [0.3, 0.4) is 0 Å². The van der Waals surface area contributed by atoms with Crippen LogP contribution in [-0.4, -0.2) is 49.5 Å². The van der Waals surface area contributed by atoms with E-state index in [9.17, 15) is 9.13 Å². The summed E-state index contributed by atoms with van der Waals surface area (Å²) in [5.41, 5.74) is 0. The van der Waals surface area contributed by atoms with Gasteiger partial charge in [-0.15, -0.1) is 0 Å². The van der Waals surface area contributed by atoms with Crippen molar-refractivity contribution in [3.63, 3.8) is 0 Å². The van der Waals surface area contributed by atoms with Gasteiger partial charge in [0.2, 0.25) is 0 Å². The molecule has 0 bridgehead atoms. The van der Waals surface area contributed by atoms with Gasteiger partial charge in [-0.2, -0.15) is 0 Å². The molecule has 7 nitrogen and oxygen atoms in total. The molecule has 15 heavy (non-hydrogen) atoms. The van der Waals surface area contributed by atoms with E-state index in [1.165, 1.54) is 0 Å². The SMILES string of the molecule is O=P(O)(O)C(CN1CCCC1)P(=O)(O)O. The monoisotopic (exact) mass is 259 g/mol. The van der Waals surface area contributed by atoms with Crippen LogP contribution < -0.4 is 0 Å². The van der Waals surface area contributed by atoms with E-state index in [2.05, 4.69) is 0 Å². The zero-order valence-corrected chi connectivity index (χ0v) is 9.85. The molecule has 0 radical (unpaired) electrons. The Hall–Kier alpha value is 0.260. The van der Waals surface area contributed by atoms with Gasteiger partial charge in [0.1, 0.15) is 0 Å². The highest BCUT2D eigenvalue weighted by Gasteiger charge is 2.44. The van der Waals surface area contributed by atoms with Crippen LogP contribution in [0, 0.1) is 0 Å². The lowest BCUT2D eigenvalue weighted by Gasteiger charge is -2.24. The van der Waals surface area contributed by atoms with E-state index < -0.39 is 20.6 Å². The minimum Gasteiger partial charge on any atom is -0.324 e. The van der Waals surface area contributed by atoms with E-state index in [4.69, 9.17) is 19.6 Å². The van der Waals surface area contributed by atoms with Crippen molar-refractivity contribution in [2.45, 2.75) is 18.2 Å². The van der Waals surface area contributed by atoms with Gasteiger partial charge in [0.05, 0.1) is 0 Å². The van der Waals surface area contributed by atoms with Gasteiger partial charge in [0.25, 0.3) is 0 Å². The maximum Gasteiger partial charge on any atom is 0.342 e. The molecule has 1 fully saturated rings. The van der Waals surface area contributed by atoms with Crippen molar-refractivity contribution < 1.29 is 28.7 Å². The lowest BCUT2D eigenvalue weighted by Crippen LogP contribution is -2.30. The smallest absolute Gasteiger partial charge is 0.324 e. The minimum atomic E-state index is -4.75. The van der Waals surface area contributed by atoms with Gasteiger partial charge in [-0.3, -0.25) is 9.13 Å². The van der Waals surface area contributed by atoms with Gasteiger partial charge < -0.3 is 24.5 Å². The van der Waals surface area contributed by atoms with E-state index in [1.807, 2.05) is 0 Å². The first-order valence-electron chi connectivity index (χ1n) is 4.54. The second-order valence-corrected chi connectivity index (χ2v) is 7.68. The average molecular weight is 259 g/mol. The van der Waals surface area contributed by atoms with Crippen molar-refractivity contribution in [1.29, 1.82) is 0 Å². The summed E-state index contributed by atoms with van der Waals surface area (Å²) in [7, 11) is -9.51. The first-order chi connectivity index (χ1) is 6.71. The minimum absolute atomic E-state index is 0.242. The molecule has 0 aliphatic carbocycles. The van der Waals surface area contributed by atoms with Crippen LogP contribution in [0.1, 0.15) is 12.8 Å². The molecule has 9 heteroatoms. The molecule has 0 aromatic heterocycles. The third-order valence-corrected chi connectivity index (χ3v) is 6.08. The lowest BCUT2D eigenvalue weighted by molar-refractivity contribution is 0.295. The van der Waals surface area contributed by atoms with Crippen molar-refractivity contribution in [2.24, 2.45) is 0 Å². The molecular formula is C6H15NO6P2. The summed E-state index contributed by atoms with van der Waals surface area (Å²) >= 11 is 0. The number of nitrogens with zero attached hydrogens (tertiary/aromatic N) is 1. The summed E-state index contributed by atoms with van der Waals surface area (Å²) < 4.78 is 21.9. The van der Waals surface area contributed by atoms with E-state index in [-0.39, 0.29) is 6.54 Å². The number of likely N-dealkylation sites (tertiary alicyclic amines) is 1. The first kappa shape index (κ1) is 13.3.